The summed E-state index contributed by atoms with van der Waals surface area (Å²) in [4.78, 5) is 9.52. The fourth-order valence-electron chi connectivity index (χ4n) is 2.82. The zero-order chi connectivity index (χ0) is 13.7. The largest absolute Gasteiger partial charge is 0.370 e. The second-order valence-electron chi connectivity index (χ2n) is 5.25. The number of pyridine rings is 1. The SMILES string of the molecule is CCNc1ncccc1CN1CCN(CC)C(C)C1. The Morgan fingerprint density at radius 2 is 2.21 bits per heavy atom. The molecule has 1 aromatic rings. The van der Waals surface area contributed by atoms with Gasteiger partial charge in [-0.15, -0.1) is 0 Å². The lowest BCUT2D eigenvalue weighted by Gasteiger charge is -2.39. The van der Waals surface area contributed by atoms with Crippen LogP contribution in [0.3, 0.4) is 0 Å². The van der Waals surface area contributed by atoms with E-state index >= 15 is 0 Å². The maximum absolute atomic E-state index is 4.44. The van der Waals surface area contributed by atoms with E-state index in [9.17, 15) is 0 Å². The number of aromatic nitrogens is 1. The quantitative estimate of drug-likeness (QED) is 0.880. The van der Waals surface area contributed by atoms with Crippen molar-refractivity contribution in [3.63, 3.8) is 0 Å². The van der Waals surface area contributed by atoms with Crippen LogP contribution in [0.5, 0.6) is 0 Å². The van der Waals surface area contributed by atoms with Gasteiger partial charge in [-0.25, -0.2) is 4.98 Å². The van der Waals surface area contributed by atoms with Gasteiger partial charge in [-0.3, -0.25) is 9.80 Å². The number of rotatable bonds is 5. The van der Waals surface area contributed by atoms with Gasteiger partial charge < -0.3 is 5.32 Å². The van der Waals surface area contributed by atoms with Crippen molar-refractivity contribution < 1.29 is 0 Å². The third-order valence-corrected chi connectivity index (χ3v) is 3.88. The molecule has 4 heteroatoms. The van der Waals surface area contributed by atoms with Crippen molar-refractivity contribution in [1.82, 2.24) is 14.8 Å². The lowest BCUT2D eigenvalue weighted by molar-refractivity contribution is 0.0835. The minimum atomic E-state index is 0.651. The fraction of sp³-hybridized carbons (Fsp3) is 0.667. The van der Waals surface area contributed by atoms with Gasteiger partial charge in [0.2, 0.25) is 0 Å². The van der Waals surface area contributed by atoms with Crippen molar-refractivity contribution in [2.45, 2.75) is 33.4 Å². The van der Waals surface area contributed by atoms with Crippen molar-refractivity contribution in [2.24, 2.45) is 0 Å². The van der Waals surface area contributed by atoms with Crippen LogP contribution in [0.1, 0.15) is 26.3 Å². The first-order chi connectivity index (χ1) is 9.24. The molecule has 0 amide bonds. The second kappa shape index (κ2) is 6.87. The Labute approximate surface area is 116 Å². The molecule has 2 rings (SSSR count). The van der Waals surface area contributed by atoms with Crippen molar-refractivity contribution in [3.8, 4) is 0 Å². The predicted molar refractivity (Wildman–Crippen MR) is 80.4 cm³/mol. The van der Waals surface area contributed by atoms with E-state index in [-0.39, 0.29) is 0 Å². The van der Waals surface area contributed by atoms with Crippen LogP contribution < -0.4 is 5.32 Å². The highest BCUT2D eigenvalue weighted by molar-refractivity contribution is 5.43. The smallest absolute Gasteiger partial charge is 0.130 e. The number of likely N-dealkylation sites (N-methyl/N-ethyl adjacent to an activating group) is 1. The van der Waals surface area contributed by atoms with Crippen molar-refractivity contribution >= 4 is 5.82 Å². The third kappa shape index (κ3) is 3.67. The van der Waals surface area contributed by atoms with Crippen LogP contribution in [0.2, 0.25) is 0 Å². The van der Waals surface area contributed by atoms with E-state index in [0.717, 1.165) is 38.5 Å². The molecule has 1 atom stereocenters. The topological polar surface area (TPSA) is 31.4 Å². The molecule has 1 fully saturated rings. The highest BCUT2D eigenvalue weighted by atomic mass is 15.3. The molecule has 1 unspecified atom stereocenters. The van der Waals surface area contributed by atoms with Gasteiger partial charge in [-0.05, 0) is 26.5 Å². The summed E-state index contributed by atoms with van der Waals surface area (Å²) in [6, 6.07) is 4.86. The maximum atomic E-state index is 4.44. The number of piperazine rings is 1. The molecule has 0 radical (unpaired) electrons. The molecule has 106 valence electrons. The molecule has 1 aliphatic rings. The van der Waals surface area contributed by atoms with Gasteiger partial charge in [0.05, 0.1) is 0 Å². The van der Waals surface area contributed by atoms with E-state index < -0.39 is 0 Å². The zero-order valence-electron chi connectivity index (χ0n) is 12.4. The number of hydrogen-bond acceptors (Lipinski definition) is 4. The number of anilines is 1. The summed E-state index contributed by atoms with van der Waals surface area (Å²) in [6.45, 7) is 13.2. The van der Waals surface area contributed by atoms with Crippen molar-refractivity contribution in [2.75, 3.05) is 38.0 Å². The molecule has 1 saturated heterocycles. The lowest BCUT2D eigenvalue weighted by Crippen LogP contribution is -2.51. The van der Waals surface area contributed by atoms with Crippen LogP contribution in [0, 0.1) is 0 Å². The van der Waals surface area contributed by atoms with E-state index in [1.807, 2.05) is 12.3 Å². The summed E-state index contributed by atoms with van der Waals surface area (Å²) in [5.74, 6) is 1.04. The average Bonchev–Trinajstić information content (AvgIpc) is 2.41. The highest BCUT2D eigenvalue weighted by Crippen LogP contribution is 2.17. The van der Waals surface area contributed by atoms with Crippen LogP contribution in [0.4, 0.5) is 5.82 Å². The second-order valence-corrected chi connectivity index (χ2v) is 5.25. The number of hydrogen-bond donors (Lipinski definition) is 1. The normalized spacial score (nSPS) is 21.5. The summed E-state index contributed by atoms with van der Waals surface area (Å²) < 4.78 is 0. The van der Waals surface area contributed by atoms with Crippen LogP contribution in [0.25, 0.3) is 0 Å². The molecule has 1 N–H and O–H groups in total. The molecule has 2 heterocycles. The first-order valence-corrected chi connectivity index (χ1v) is 7.38. The first kappa shape index (κ1) is 14.3. The van der Waals surface area contributed by atoms with Gasteiger partial charge in [-0.1, -0.05) is 13.0 Å². The summed E-state index contributed by atoms with van der Waals surface area (Å²) in [5.41, 5.74) is 1.31. The summed E-state index contributed by atoms with van der Waals surface area (Å²) in [7, 11) is 0. The Morgan fingerprint density at radius 3 is 2.89 bits per heavy atom. The molecule has 0 aromatic carbocycles. The predicted octanol–water partition coefficient (Wildman–Crippen LogP) is 2.04. The summed E-state index contributed by atoms with van der Waals surface area (Å²) >= 11 is 0. The van der Waals surface area contributed by atoms with E-state index in [0.29, 0.717) is 6.04 Å². The Bertz CT molecular complexity index is 393. The molecule has 0 saturated carbocycles. The van der Waals surface area contributed by atoms with Crippen LogP contribution in [-0.4, -0.2) is 53.5 Å². The van der Waals surface area contributed by atoms with E-state index in [2.05, 4.69) is 46.9 Å². The molecule has 4 nitrogen and oxygen atoms in total. The Kier molecular flexibility index (Phi) is 5.16. The minimum absolute atomic E-state index is 0.651. The van der Waals surface area contributed by atoms with Gasteiger partial charge in [0.25, 0.3) is 0 Å². The standard InChI is InChI=1S/C15H26N4/c1-4-16-15-14(7-6-8-17-15)12-18-9-10-19(5-2)13(3)11-18/h6-8,13H,4-5,9-12H2,1-3H3,(H,16,17). The molecular formula is C15H26N4. The minimum Gasteiger partial charge on any atom is -0.370 e. The van der Waals surface area contributed by atoms with Gasteiger partial charge in [-0.2, -0.15) is 0 Å². The number of nitrogens with one attached hydrogen (secondary N) is 1. The van der Waals surface area contributed by atoms with E-state index in [4.69, 9.17) is 0 Å². The van der Waals surface area contributed by atoms with Gasteiger partial charge in [0, 0.05) is 50.5 Å². The lowest BCUT2D eigenvalue weighted by atomic mass is 10.1. The van der Waals surface area contributed by atoms with Crippen molar-refractivity contribution in [3.05, 3.63) is 23.9 Å². The Hall–Kier alpha value is -1.13. The molecule has 1 aliphatic heterocycles. The molecule has 19 heavy (non-hydrogen) atoms. The summed E-state index contributed by atoms with van der Waals surface area (Å²) in [5, 5.41) is 3.35. The van der Waals surface area contributed by atoms with Gasteiger partial charge >= 0.3 is 0 Å². The monoisotopic (exact) mass is 262 g/mol. The number of nitrogens with zero attached hydrogens (tertiary/aromatic N) is 3. The first-order valence-electron chi connectivity index (χ1n) is 7.38. The van der Waals surface area contributed by atoms with Gasteiger partial charge in [0.1, 0.15) is 5.82 Å². The molecule has 0 spiro atoms. The molecule has 1 aromatic heterocycles. The third-order valence-electron chi connectivity index (χ3n) is 3.88. The van der Waals surface area contributed by atoms with Crippen LogP contribution >= 0.6 is 0 Å². The van der Waals surface area contributed by atoms with E-state index in [1.165, 1.54) is 12.1 Å². The van der Waals surface area contributed by atoms with E-state index in [1.54, 1.807) is 0 Å². The molecule has 0 aliphatic carbocycles. The zero-order valence-corrected chi connectivity index (χ0v) is 12.4. The molecule has 0 bridgehead atoms. The Morgan fingerprint density at radius 1 is 1.37 bits per heavy atom. The van der Waals surface area contributed by atoms with Gasteiger partial charge in [0.15, 0.2) is 0 Å². The summed E-state index contributed by atoms with van der Waals surface area (Å²) in [6.07, 6.45) is 1.86. The average molecular weight is 262 g/mol. The molecular weight excluding hydrogens is 236 g/mol. The maximum Gasteiger partial charge on any atom is 0.130 e. The van der Waals surface area contributed by atoms with Crippen LogP contribution in [-0.2, 0) is 6.54 Å². The Balaban J connectivity index is 1.98. The highest BCUT2D eigenvalue weighted by Gasteiger charge is 2.22. The van der Waals surface area contributed by atoms with Crippen LogP contribution in [0.15, 0.2) is 18.3 Å². The van der Waals surface area contributed by atoms with Crippen molar-refractivity contribution in [1.29, 1.82) is 0 Å². The fourth-order valence-corrected chi connectivity index (χ4v) is 2.82.